The molecule has 0 spiro atoms. The Hall–Kier alpha value is -1.00. The van der Waals surface area contributed by atoms with Gasteiger partial charge in [-0.15, -0.1) is 0 Å². The number of amides is 1. The van der Waals surface area contributed by atoms with Crippen LogP contribution in [0.3, 0.4) is 0 Å². The quantitative estimate of drug-likeness (QED) is 0.527. The fourth-order valence-corrected chi connectivity index (χ4v) is 0.464. The first-order valence-corrected chi connectivity index (χ1v) is 3.43. The molecule has 0 aliphatic heterocycles. The van der Waals surface area contributed by atoms with E-state index in [-0.39, 0.29) is 13.1 Å². The smallest absolute Gasteiger partial charge is 0.371 e. The molecular formula is C4H7N2O4P. The average Bonchev–Trinajstić information content (AvgIpc) is 2.01. The van der Waals surface area contributed by atoms with E-state index < -0.39 is 20.6 Å². The van der Waals surface area contributed by atoms with Crippen molar-refractivity contribution in [3.8, 4) is 0 Å². The molecule has 0 bridgehead atoms. The van der Waals surface area contributed by atoms with Crippen LogP contribution >= 0.6 is 8.69 Å². The second-order valence-electron chi connectivity index (χ2n) is 1.52. The molecule has 62 valence electrons. The van der Waals surface area contributed by atoms with Crippen LogP contribution in [-0.4, -0.2) is 25.0 Å². The van der Waals surface area contributed by atoms with E-state index in [2.05, 4.69) is 9.84 Å². The van der Waals surface area contributed by atoms with E-state index in [0.29, 0.717) is 0 Å². The number of hydrogen-bond donors (Lipinski definition) is 2. The van der Waals surface area contributed by atoms with Gasteiger partial charge in [-0.05, 0) is 0 Å². The van der Waals surface area contributed by atoms with Gasteiger partial charge in [0.05, 0.1) is 6.54 Å². The minimum atomic E-state index is -0.775. The number of hydrogen-bond acceptors (Lipinski definition) is 5. The lowest BCUT2D eigenvalue weighted by Gasteiger charge is -1.98. The van der Waals surface area contributed by atoms with Crippen LogP contribution in [-0.2, 0) is 18.7 Å². The second kappa shape index (κ2) is 5.76. The Morgan fingerprint density at radius 2 is 2.18 bits per heavy atom. The molecule has 0 aliphatic rings. The molecule has 0 aromatic rings. The van der Waals surface area contributed by atoms with Crippen LogP contribution in [0.5, 0.6) is 0 Å². The van der Waals surface area contributed by atoms with E-state index in [4.69, 9.17) is 5.73 Å². The van der Waals surface area contributed by atoms with E-state index in [1.165, 1.54) is 0 Å². The standard InChI is InChI=1S/C4H7N2O4P/c5-1-3(7)6-2-4(8)10-11-9/h1-2,5H2,(H,6,7). The van der Waals surface area contributed by atoms with Gasteiger partial charge in [0.2, 0.25) is 5.91 Å². The van der Waals surface area contributed by atoms with Crippen molar-refractivity contribution < 1.29 is 18.7 Å². The largest absolute Gasteiger partial charge is 0.398 e. The summed E-state index contributed by atoms with van der Waals surface area (Å²) in [7, 11) is -0.727. The maximum atomic E-state index is 10.4. The van der Waals surface area contributed by atoms with Crippen molar-refractivity contribution in [1.29, 1.82) is 0 Å². The first-order chi connectivity index (χ1) is 5.20. The summed E-state index contributed by atoms with van der Waals surface area (Å²) in [6.07, 6.45) is 0. The van der Waals surface area contributed by atoms with Crippen LogP contribution in [0.15, 0.2) is 0 Å². The molecule has 1 amide bonds. The van der Waals surface area contributed by atoms with Gasteiger partial charge in [0.15, 0.2) is 0 Å². The lowest BCUT2D eigenvalue weighted by Crippen LogP contribution is -2.34. The minimum Gasteiger partial charge on any atom is -0.371 e. The fraction of sp³-hybridized carbons (Fsp3) is 0.500. The maximum Gasteiger partial charge on any atom is 0.398 e. The predicted octanol–water partition coefficient (Wildman–Crippen LogP) is -1.19. The number of carbonyl (C=O) groups excluding carboxylic acids is 2. The van der Waals surface area contributed by atoms with Gasteiger partial charge in [0.25, 0.3) is 0 Å². The van der Waals surface area contributed by atoms with Crippen LogP contribution in [0.1, 0.15) is 0 Å². The van der Waals surface area contributed by atoms with E-state index >= 15 is 0 Å². The molecule has 0 heterocycles. The van der Waals surface area contributed by atoms with Crippen molar-refractivity contribution in [2.75, 3.05) is 13.1 Å². The summed E-state index contributed by atoms with van der Waals surface area (Å²) in [5, 5.41) is 2.14. The second-order valence-corrected chi connectivity index (χ2v) is 1.85. The van der Waals surface area contributed by atoms with Crippen molar-refractivity contribution in [3.05, 3.63) is 0 Å². The highest BCUT2D eigenvalue weighted by Crippen LogP contribution is 1.92. The molecule has 0 aromatic carbocycles. The summed E-state index contributed by atoms with van der Waals surface area (Å²) in [6.45, 7) is -0.506. The first kappa shape index (κ1) is 10.0. The zero-order valence-electron chi connectivity index (χ0n) is 5.57. The third kappa shape index (κ3) is 5.44. The molecule has 3 N–H and O–H groups in total. The Morgan fingerprint density at radius 3 is 2.64 bits per heavy atom. The summed E-state index contributed by atoms with van der Waals surface area (Å²) < 4.78 is 13.6. The molecule has 7 heteroatoms. The predicted molar refractivity (Wildman–Crippen MR) is 35.8 cm³/mol. The molecule has 6 nitrogen and oxygen atoms in total. The molecule has 0 fully saturated rings. The van der Waals surface area contributed by atoms with Crippen molar-refractivity contribution >= 4 is 20.6 Å². The van der Waals surface area contributed by atoms with Crippen molar-refractivity contribution in [2.24, 2.45) is 5.73 Å². The highest BCUT2D eigenvalue weighted by molar-refractivity contribution is 7.18. The van der Waals surface area contributed by atoms with Gasteiger partial charge in [0, 0.05) is 0 Å². The molecule has 0 atom stereocenters. The van der Waals surface area contributed by atoms with Gasteiger partial charge in [-0.25, -0.2) is 9.36 Å². The van der Waals surface area contributed by atoms with Gasteiger partial charge in [-0.3, -0.25) is 4.79 Å². The number of carbonyl (C=O) groups is 2. The lowest BCUT2D eigenvalue weighted by atomic mass is 10.5. The summed E-state index contributed by atoms with van der Waals surface area (Å²) in [4.78, 5) is 20.8. The Labute approximate surface area is 64.4 Å². The molecule has 11 heavy (non-hydrogen) atoms. The summed E-state index contributed by atoms with van der Waals surface area (Å²) in [5.74, 6) is -1.24. The molecular weight excluding hydrogens is 171 g/mol. The number of nitrogens with one attached hydrogen (secondary N) is 1. The molecule has 0 aromatic heterocycles. The fourth-order valence-electron chi connectivity index (χ4n) is 0.317. The van der Waals surface area contributed by atoms with Crippen molar-refractivity contribution in [2.45, 2.75) is 0 Å². The Kier molecular flexibility index (Phi) is 5.24. The van der Waals surface area contributed by atoms with Gasteiger partial charge < -0.3 is 15.6 Å². The Morgan fingerprint density at radius 1 is 1.55 bits per heavy atom. The van der Waals surface area contributed by atoms with Gasteiger partial charge in [0.1, 0.15) is 6.54 Å². The normalized spacial score (nSPS) is 9.18. The highest BCUT2D eigenvalue weighted by Gasteiger charge is 2.03. The van der Waals surface area contributed by atoms with Crippen LogP contribution in [0, 0.1) is 0 Å². The zero-order valence-corrected chi connectivity index (χ0v) is 6.47. The van der Waals surface area contributed by atoms with E-state index in [9.17, 15) is 14.2 Å². The van der Waals surface area contributed by atoms with Crippen molar-refractivity contribution in [3.63, 3.8) is 0 Å². The highest BCUT2D eigenvalue weighted by atomic mass is 31.1. The van der Waals surface area contributed by atoms with Gasteiger partial charge >= 0.3 is 14.7 Å². The first-order valence-electron chi connectivity index (χ1n) is 2.70. The van der Waals surface area contributed by atoms with Crippen LogP contribution < -0.4 is 11.1 Å². The summed E-state index contributed by atoms with van der Waals surface area (Å²) in [5.41, 5.74) is 4.90. The minimum absolute atomic E-state index is 0.192. The molecule has 0 saturated heterocycles. The van der Waals surface area contributed by atoms with Gasteiger partial charge in [-0.2, -0.15) is 0 Å². The van der Waals surface area contributed by atoms with E-state index in [0.717, 1.165) is 0 Å². The van der Waals surface area contributed by atoms with E-state index in [1.807, 2.05) is 0 Å². The summed E-state index contributed by atoms with van der Waals surface area (Å²) >= 11 is 0. The van der Waals surface area contributed by atoms with Crippen LogP contribution in [0.25, 0.3) is 0 Å². The molecule has 0 unspecified atom stereocenters. The SMILES string of the molecule is NCC(=O)NCC(=O)OP=O. The average molecular weight is 178 g/mol. The Balaban J connectivity index is 3.45. The third-order valence-corrected chi connectivity index (χ3v) is 1.03. The van der Waals surface area contributed by atoms with Crippen molar-refractivity contribution in [1.82, 2.24) is 5.32 Å². The third-order valence-electron chi connectivity index (χ3n) is 0.754. The van der Waals surface area contributed by atoms with Crippen LogP contribution in [0.2, 0.25) is 0 Å². The lowest BCUT2D eigenvalue weighted by molar-refractivity contribution is -0.134. The monoisotopic (exact) mass is 178 g/mol. The summed E-state index contributed by atoms with van der Waals surface area (Å²) in [6, 6.07) is 0. The molecule has 0 rings (SSSR count). The maximum absolute atomic E-state index is 10.4. The Bertz CT molecular complexity index is 171. The zero-order chi connectivity index (χ0) is 8.69. The topological polar surface area (TPSA) is 98.5 Å². The number of rotatable bonds is 4. The molecule has 0 saturated carbocycles. The van der Waals surface area contributed by atoms with E-state index in [1.54, 1.807) is 0 Å². The molecule has 0 aliphatic carbocycles. The number of nitrogens with two attached hydrogens (primary N) is 1. The van der Waals surface area contributed by atoms with Gasteiger partial charge in [-0.1, -0.05) is 0 Å². The molecule has 0 radical (unpaired) electrons. The van der Waals surface area contributed by atoms with Crippen LogP contribution in [0.4, 0.5) is 0 Å².